The molecule has 0 aromatic heterocycles. The van der Waals surface area contributed by atoms with Gasteiger partial charge < -0.3 is 10.4 Å². The van der Waals surface area contributed by atoms with E-state index >= 15 is 0 Å². The number of carbonyl (C=O) groups is 1. The number of nitrogens with zero attached hydrogens (tertiary/aromatic N) is 1. The molecule has 2 atom stereocenters. The van der Waals surface area contributed by atoms with Crippen molar-refractivity contribution in [3.63, 3.8) is 0 Å². The van der Waals surface area contributed by atoms with Crippen LogP contribution in [0.4, 0.5) is 0 Å². The largest absolute Gasteiger partial charge is 0.391 e. The molecule has 17 heavy (non-hydrogen) atoms. The highest BCUT2D eigenvalue weighted by molar-refractivity contribution is 5.73. The van der Waals surface area contributed by atoms with E-state index in [0.717, 1.165) is 38.8 Å². The monoisotopic (exact) mass is 240 g/mol. The van der Waals surface area contributed by atoms with Gasteiger partial charge in [0.2, 0.25) is 5.91 Å². The minimum atomic E-state index is -0.138. The van der Waals surface area contributed by atoms with Crippen LogP contribution >= 0.6 is 0 Å². The molecule has 0 unspecified atom stereocenters. The first-order valence-electron chi connectivity index (χ1n) is 6.86. The molecule has 0 radical (unpaired) electrons. The van der Waals surface area contributed by atoms with Crippen molar-refractivity contribution in [1.82, 2.24) is 10.2 Å². The molecule has 2 aliphatic rings. The van der Waals surface area contributed by atoms with Crippen LogP contribution in [-0.4, -0.2) is 47.2 Å². The van der Waals surface area contributed by atoms with Gasteiger partial charge in [0, 0.05) is 32.1 Å². The molecular weight excluding hydrogens is 216 g/mol. The Balaban J connectivity index is 1.79. The van der Waals surface area contributed by atoms with Crippen LogP contribution in [-0.2, 0) is 4.79 Å². The number of carbonyl (C=O) groups excluding carboxylic acids is 1. The zero-order valence-electron chi connectivity index (χ0n) is 10.7. The molecule has 98 valence electrons. The Labute approximate surface area is 103 Å². The summed E-state index contributed by atoms with van der Waals surface area (Å²) < 4.78 is 0. The van der Waals surface area contributed by atoms with Crippen molar-refractivity contribution >= 4 is 5.91 Å². The number of likely N-dealkylation sites (tertiary alicyclic amines) is 1. The topological polar surface area (TPSA) is 52.6 Å². The van der Waals surface area contributed by atoms with Gasteiger partial charge in [-0.1, -0.05) is 12.8 Å². The van der Waals surface area contributed by atoms with Crippen molar-refractivity contribution in [1.29, 1.82) is 0 Å². The fourth-order valence-electron chi connectivity index (χ4n) is 3.18. The van der Waals surface area contributed by atoms with Gasteiger partial charge in [0.05, 0.1) is 6.10 Å². The van der Waals surface area contributed by atoms with Crippen molar-refractivity contribution in [3.05, 3.63) is 0 Å². The number of rotatable bonds is 2. The lowest BCUT2D eigenvalue weighted by Crippen LogP contribution is -2.52. The summed E-state index contributed by atoms with van der Waals surface area (Å²) in [5.74, 6) is 0.0705. The first-order valence-corrected chi connectivity index (χ1v) is 6.86. The second-order valence-corrected chi connectivity index (χ2v) is 5.43. The van der Waals surface area contributed by atoms with Crippen molar-refractivity contribution in [2.75, 3.05) is 13.1 Å². The van der Waals surface area contributed by atoms with E-state index in [9.17, 15) is 9.90 Å². The maximum Gasteiger partial charge on any atom is 0.217 e. The van der Waals surface area contributed by atoms with Gasteiger partial charge in [-0.3, -0.25) is 9.69 Å². The fraction of sp³-hybridized carbons (Fsp3) is 0.923. The lowest BCUT2D eigenvalue weighted by Gasteiger charge is -2.41. The van der Waals surface area contributed by atoms with Gasteiger partial charge in [0.25, 0.3) is 0 Å². The summed E-state index contributed by atoms with van der Waals surface area (Å²) in [5, 5.41) is 13.0. The molecule has 0 spiro atoms. The number of aliphatic hydroxyl groups is 1. The third-order valence-corrected chi connectivity index (χ3v) is 4.10. The molecule has 4 heteroatoms. The highest BCUT2D eigenvalue weighted by atomic mass is 16.3. The maximum absolute atomic E-state index is 11.0. The predicted octanol–water partition coefficient (Wildman–Crippen LogP) is 0.890. The molecule has 1 aliphatic heterocycles. The van der Waals surface area contributed by atoms with Gasteiger partial charge in [0.1, 0.15) is 0 Å². The van der Waals surface area contributed by atoms with Gasteiger partial charge in [0.15, 0.2) is 0 Å². The molecule has 0 aromatic carbocycles. The average Bonchev–Trinajstić information content (AvgIpc) is 2.30. The van der Waals surface area contributed by atoms with E-state index in [1.807, 2.05) is 0 Å². The normalized spacial score (nSPS) is 32.4. The highest BCUT2D eigenvalue weighted by Gasteiger charge is 2.31. The number of amides is 1. The van der Waals surface area contributed by atoms with Crippen LogP contribution < -0.4 is 5.32 Å². The van der Waals surface area contributed by atoms with Gasteiger partial charge in [-0.15, -0.1) is 0 Å². The second kappa shape index (κ2) is 5.83. The Morgan fingerprint density at radius 1 is 1.18 bits per heavy atom. The molecule has 2 fully saturated rings. The highest BCUT2D eigenvalue weighted by Crippen LogP contribution is 2.25. The van der Waals surface area contributed by atoms with E-state index in [-0.39, 0.29) is 12.0 Å². The zero-order chi connectivity index (χ0) is 12.3. The van der Waals surface area contributed by atoms with Crippen molar-refractivity contribution in [2.24, 2.45) is 0 Å². The number of aliphatic hydroxyl groups excluding tert-OH is 1. The Morgan fingerprint density at radius 3 is 2.41 bits per heavy atom. The van der Waals surface area contributed by atoms with Crippen LogP contribution in [0.25, 0.3) is 0 Å². The lowest BCUT2D eigenvalue weighted by atomic mass is 9.89. The van der Waals surface area contributed by atoms with Gasteiger partial charge in [-0.05, 0) is 25.7 Å². The summed E-state index contributed by atoms with van der Waals surface area (Å²) in [7, 11) is 0. The Morgan fingerprint density at radius 2 is 1.82 bits per heavy atom. The summed E-state index contributed by atoms with van der Waals surface area (Å²) in [5.41, 5.74) is 0. The summed E-state index contributed by atoms with van der Waals surface area (Å²) in [6, 6.07) is 0.700. The molecule has 2 N–H and O–H groups in total. The van der Waals surface area contributed by atoms with Crippen LogP contribution in [0.5, 0.6) is 0 Å². The molecule has 2 rings (SSSR count). The molecule has 0 bridgehead atoms. The third-order valence-electron chi connectivity index (χ3n) is 4.10. The van der Waals surface area contributed by atoms with E-state index in [1.54, 1.807) is 6.92 Å². The lowest BCUT2D eigenvalue weighted by molar-refractivity contribution is -0.120. The summed E-state index contributed by atoms with van der Waals surface area (Å²) in [4.78, 5) is 13.4. The first-order chi connectivity index (χ1) is 8.16. The molecule has 1 saturated carbocycles. The van der Waals surface area contributed by atoms with Crippen molar-refractivity contribution < 1.29 is 9.90 Å². The number of piperidine rings is 1. The molecule has 1 saturated heterocycles. The number of nitrogens with one attached hydrogen (secondary N) is 1. The third kappa shape index (κ3) is 3.42. The van der Waals surface area contributed by atoms with Crippen LogP contribution in [0.1, 0.15) is 45.4 Å². The molecule has 1 aliphatic carbocycles. The smallest absolute Gasteiger partial charge is 0.217 e. The van der Waals surface area contributed by atoms with E-state index in [1.165, 1.54) is 12.8 Å². The van der Waals surface area contributed by atoms with E-state index < -0.39 is 0 Å². The zero-order valence-corrected chi connectivity index (χ0v) is 10.7. The quantitative estimate of drug-likeness (QED) is 0.753. The summed E-state index contributed by atoms with van der Waals surface area (Å²) >= 11 is 0. The van der Waals surface area contributed by atoms with Crippen molar-refractivity contribution in [2.45, 2.75) is 63.6 Å². The minimum Gasteiger partial charge on any atom is -0.391 e. The van der Waals surface area contributed by atoms with Gasteiger partial charge in [-0.25, -0.2) is 0 Å². The molecule has 0 aromatic rings. The van der Waals surface area contributed by atoms with E-state index in [2.05, 4.69) is 10.2 Å². The van der Waals surface area contributed by atoms with Crippen LogP contribution in [0.2, 0.25) is 0 Å². The fourth-order valence-corrected chi connectivity index (χ4v) is 3.18. The molecule has 4 nitrogen and oxygen atoms in total. The molecule has 1 heterocycles. The molecule has 1 amide bonds. The Kier molecular flexibility index (Phi) is 4.40. The van der Waals surface area contributed by atoms with Gasteiger partial charge >= 0.3 is 0 Å². The standard InChI is InChI=1S/C13H24N2O2/c1-10(16)14-11-6-8-15(9-7-11)12-4-2-3-5-13(12)17/h11-13,17H,2-9H2,1H3,(H,14,16)/t12-,13-/m0/s1. The number of hydrogen-bond donors (Lipinski definition) is 2. The van der Waals surface area contributed by atoms with Crippen LogP contribution in [0, 0.1) is 0 Å². The van der Waals surface area contributed by atoms with Crippen molar-refractivity contribution in [3.8, 4) is 0 Å². The van der Waals surface area contributed by atoms with Gasteiger partial charge in [-0.2, -0.15) is 0 Å². The SMILES string of the molecule is CC(=O)NC1CCN([C@H]2CCCC[C@@H]2O)CC1. The average molecular weight is 240 g/mol. The molecular formula is C13H24N2O2. The summed E-state index contributed by atoms with van der Waals surface area (Å²) in [6.45, 7) is 3.59. The number of hydrogen-bond acceptors (Lipinski definition) is 3. The summed E-state index contributed by atoms with van der Waals surface area (Å²) in [6.07, 6.45) is 6.39. The second-order valence-electron chi connectivity index (χ2n) is 5.43. The Bertz CT molecular complexity index is 262. The minimum absolute atomic E-state index is 0.0705. The van der Waals surface area contributed by atoms with Crippen LogP contribution in [0.3, 0.4) is 0 Å². The maximum atomic E-state index is 11.0. The predicted molar refractivity (Wildman–Crippen MR) is 66.7 cm³/mol. The Hall–Kier alpha value is -0.610. The van der Waals surface area contributed by atoms with E-state index in [4.69, 9.17) is 0 Å². The van der Waals surface area contributed by atoms with Crippen LogP contribution in [0.15, 0.2) is 0 Å². The first kappa shape index (κ1) is 12.8. The van der Waals surface area contributed by atoms with E-state index in [0.29, 0.717) is 12.1 Å².